The lowest BCUT2D eigenvalue weighted by Crippen LogP contribution is -2.67. The molecule has 0 aliphatic heterocycles. The molecule has 242 valence electrons. The van der Waals surface area contributed by atoms with E-state index < -0.39 is 102 Å². The molecule has 0 bridgehead atoms. The molecule has 1 aliphatic carbocycles. The lowest BCUT2D eigenvalue weighted by molar-refractivity contribution is -0.427. The van der Waals surface area contributed by atoms with E-state index in [0.29, 0.717) is 12.3 Å². The number of hydrogen-bond donors (Lipinski definition) is 0. The van der Waals surface area contributed by atoms with Crippen LogP contribution in [0.2, 0.25) is 0 Å². The highest BCUT2D eigenvalue weighted by Crippen LogP contribution is 2.60. The van der Waals surface area contributed by atoms with Gasteiger partial charge in [-0.25, -0.2) is 4.39 Å². The molecule has 0 N–H and O–H groups in total. The monoisotopic (exact) mass is 651 g/mol. The summed E-state index contributed by atoms with van der Waals surface area (Å²) in [4.78, 5) is 3.77. The third kappa shape index (κ3) is 6.01. The van der Waals surface area contributed by atoms with Crippen molar-refractivity contribution in [1.82, 2.24) is 4.98 Å². The van der Waals surface area contributed by atoms with Crippen molar-refractivity contribution in [3.05, 3.63) is 53.4 Å². The van der Waals surface area contributed by atoms with E-state index in [1.807, 2.05) is 0 Å². The number of nitrogens with zero attached hydrogens (tertiary/aromatic N) is 1. The number of hydrogen-bond acceptors (Lipinski definition) is 3. The molecule has 1 fully saturated rings. The Hall–Kier alpha value is -3.08. The van der Waals surface area contributed by atoms with Crippen LogP contribution in [-0.2, 0) is 6.11 Å². The molecule has 1 aromatic carbocycles. The number of halogens is 15. The Morgan fingerprint density at radius 2 is 1.30 bits per heavy atom. The van der Waals surface area contributed by atoms with E-state index in [-0.39, 0.29) is 12.3 Å². The number of aromatic nitrogens is 1. The first-order valence-electron chi connectivity index (χ1n) is 12.2. The van der Waals surface area contributed by atoms with Gasteiger partial charge in [-0.2, -0.15) is 61.5 Å². The van der Waals surface area contributed by atoms with Crippen LogP contribution in [0, 0.1) is 17.6 Å². The highest BCUT2D eigenvalue weighted by molar-refractivity contribution is 5.33. The summed E-state index contributed by atoms with van der Waals surface area (Å²) in [7, 11) is 0. The summed E-state index contributed by atoms with van der Waals surface area (Å²) in [5.74, 6) is -36.6. The van der Waals surface area contributed by atoms with Gasteiger partial charge >= 0.3 is 36.0 Å². The van der Waals surface area contributed by atoms with Gasteiger partial charge in [0.1, 0.15) is 11.3 Å². The molecule has 2 aromatic rings. The molecule has 1 heterocycles. The molecular weight excluding hydrogens is 631 g/mol. The maximum absolute atomic E-state index is 14.5. The predicted octanol–water partition coefficient (Wildman–Crippen LogP) is 9.26. The van der Waals surface area contributed by atoms with Crippen LogP contribution >= 0.6 is 0 Å². The SMILES string of the molecule is CCOc1ccc(C(F)(F)Oc2ccc(C3CCC(C(F)(F)C(F)(F)C(F)(F)C(F)(F)C(F)(F)F)CC3)nc2)c(F)c1F. The Bertz CT molecular complexity index is 1270. The minimum absolute atomic E-state index is 0.0172. The largest absolute Gasteiger partial charge is 0.491 e. The maximum atomic E-state index is 14.5. The van der Waals surface area contributed by atoms with E-state index in [0.717, 1.165) is 18.2 Å². The summed E-state index contributed by atoms with van der Waals surface area (Å²) >= 11 is 0. The predicted molar refractivity (Wildman–Crippen MR) is 117 cm³/mol. The standard InChI is InChI=1S/C25H20F15NO2/c1-2-42-17-10-8-15(18(26)19(17)27)21(30,31)43-14-7-9-16(41-11-14)12-3-5-13(6-4-12)20(28,29)22(32,33)23(34,35)24(36,37)25(38,39)40/h7-13H,2-6H2,1H3. The van der Waals surface area contributed by atoms with E-state index >= 15 is 0 Å². The molecule has 1 aliphatic rings. The fourth-order valence-electron chi connectivity index (χ4n) is 4.51. The van der Waals surface area contributed by atoms with Crippen molar-refractivity contribution >= 4 is 0 Å². The van der Waals surface area contributed by atoms with Crippen molar-refractivity contribution < 1.29 is 75.3 Å². The third-order valence-corrected chi connectivity index (χ3v) is 6.89. The summed E-state index contributed by atoms with van der Waals surface area (Å²) in [6.45, 7) is 1.35. The summed E-state index contributed by atoms with van der Waals surface area (Å²) in [6.07, 6.45) is -14.1. The van der Waals surface area contributed by atoms with Gasteiger partial charge in [0.25, 0.3) is 0 Å². The van der Waals surface area contributed by atoms with Crippen molar-refractivity contribution in [2.45, 2.75) is 74.5 Å². The molecular formula is C25H20F15NO2. The third-order valence-electron chi connectivity index (χ3n) is 6.89. The van der Waals surface area contributed by atoms with E-state index in [4.69, 9.17) is 4.74 Å². The number of pyridine rings is 1. The minimum atomic E-state index is -7.49. The van der Waals surface area contributed by atoms with Gasteiger partial charge in [-0.3, -0.25) is 4.98 Å². The van der Waals surface area contributed by atoms with E-state index in [1.165, 1.54) is 6.92 Å². The molecule has 0 radical (unpaired) electrons. The first-order chi connectivity index (χ1) is 19.5. The van der Waals surface area contributed by atoms with Crippen LogP contribution in [0.5, 0.6) is 11.5 Å². The highest BCUT2D eigenvalue weighted by atomic mass is 19.4. The first-order valence-corrected chi connectivity index (χ1v) is 12.2. The van der Waals surface area contributed by atoms with Crippen molar-refractivity contribution in [3.8, 4) is 11.5 Å². The van der Waals surface area contributed by atoms with Gasteiger partial charge in [0.05, 0.1) is 12.8 Å². The summed E-state index contributed by atoms with van der Waals surface area (Å²) in [6, 6.07) is 3.15. The van der Waals surface area contributed by atoms with Gasteiger partial charge < -0.3 is 9.47 Å². The van der Waals surface area contributed by atoms with Gasteiger partial charge in [-0.1, -0.05) is 0 Å². The number of rotatable bonds is 10. The zero-order valence-electron chi connectivity index (χ0n) is 21.5. The number of alkyl halides is 13. The zero-order chi connectivity index (χ0) is 32.8. The highest BCUT2D eigenvalue weighted by Gasteiger charge is 2.87. The van der Waals surface area contributed by atoms with Crippen LogP contribution in [-0.4, -0.2) is 41.5 Å². The van der Waals surface area contributed by atoms with Gasteiger partial charge in [0, 0.05) is 17.5 Å². The maximum Gasteiger partial charge on any atom is 0.460 e. The molecule has 1 saturated carbocycles. The van der Waals surface area contributed by atoms with E-state index in [2.05, 4.69) is 9.72 Å². The quantitative estimate of drug-likeness (QED) is 0.240. The molecule has 3 rings (SSSR count). The fraction of sp³-hybridized carbons (Fsp3) is 0.560. The molecule has 0 spiro atoms. The Kier molecular flexibility index (Phi) is 9.16. The Morgan fingerprint density at radius 1 is 0.721 bits per heavy atom. The van der Waals surface area contributed by atoms with Crippen LogP contribution in [0.1, 0.15) is 49.8 Å². The molecule has 3 nitrogen and oxygen atoms in total. The number of benzene rings is 1. The van der Waals surface area contributed by atoms with Crippen LogP contribution in [0.15, 0.2) is 30.5 Å². The summed E-state index contributed by atoms with van der Waals surface area (Å²) in [5, 5.41) is 0. The average Bonchev–Trinajstić information content (AvgIpc) is 2.90. The molecule has 18 heteroatoms. The number of ether oxygens (including phenoxy) is 2. The average molecular weight is 651 g/mol. The second-order valence-electron chi connectivity index (χ2n) is 9.60. The molecule has 0 amide bonds. The van der Waals surface area contributed by atoms with Crippen LogP contribution in [0.4, 0.5) is 65.9 Å². The smallest absolute Gasteiger partial charge is 0.460 e. The topological polar surface area (TPSA) is 31.4 Å². The van der Waals surface area contributed by atoms with Crippen molar-refractivity contribution in [2.24, 2.45) is 5.92 Å². The Labute approximate surface area is 233 Å². The summed E-state index contributed by atoms with van der Waals surface area (Å²) < 4.78 is 214. The normalized spacial score (nSPS) is 19.3. The fourth-order valence-corrected chi connectivity index (χ4v) is 4.51. The molecule has 0 saturated heterocycles. The van der Waals surface area contributed by atoms with Crippen molar-refractivity contribution in [2.75, 3.05) is 6.61 Å². The Balaban J connectivity index is 1.70. The first kappa shape index (κ1) is 34.4. The second kappa shape index (κ2) is 11.4. The van der Waals surface area contributed by atoms with E-state index in [9.17, 15) is 65.9 Å². The minimum Gasteiger partial charge on any atom is -0.491 e. The van der Waals surface area contributed by atoms with Gasteiger partial charge in [-0.15, -0.1) is 0 Å². The van der Waals surface area contributed by atoms with Crippen LogP contribution < -0.4 is 9.47 Å². The van der Waals surface area contributed by atoms with Crippen molar-refractivity contribution in [3.63, 3.8) is 0 Å². The zero-order valence-corrected chi connectivity index (χ0v) is 21.5. The van der Waals surface area contributed by atoms with Crippen molar-refractivity contribution in [1.29, 1.82) is 0 Å². The van der Waals surface area contributed by atoms with Crippen LogP contribution in [0.25, 0.3) is 0 Å². The Morgan fingerprint density at radius 3 is 1.79 bits per heavy atom. The lowest BCUT2D eigenvalue weighted by Gasteiger charge is -2.41. The van der Waals surface area contributed by atoms with Gasteiger partial charge in [0.2, 0.25) is 5.82 Å². The molecule has 0 unspecified atom stereocenters. The van der Waals surface area contributed by atoms with E-state index in [1.54, 1.807) is 0 Å². The second-order valence-corrected chi connectivity index (χ2v) is 9.60. The molecule has 0 atom stereocenters. The molecule has 1 aromatic heterocycles. The van der Waals surface area contributed by atoms with Crippen LogP contribution in [0.3, 0.4) is 0 Å². The van der Waals surface area contributed by atoms with Gasteiger partial charge in [0.15, 0.2) is 11.6 Å². The van der Waals surface area contributed by atoms with Gasteiger partial charge in [-0.05, 0) is 56.9 Å². The lowest BCUT2D eigenvalue weighted by atomic mass is 9.75. The summed E-state index contributed by atoms with van der Waals surface area (Å²) in [5.41, 5.74) is -1.51. The molecule has 43 heavy (non-hydrogen) atoms.